The standard InChI is InChI=1S/C7H11O/c1-3-5-7-8-6-4-2/h1,6H,4-5,7H2,2H3. The van der Waals surface area contributed by atoms with E-state index in [-0.39, 0.29) is 0 Å². The Bertz CT molecular complexity index is 70.9. The highest BCUT2D eigenvalue weighted by Gasteiger charge is 1.80. The molecular weight excluding hydrogens is 100 g/mol. The fraction of sp³-hybridized carbons (Fsp3) is 0.571. The van der Waals surface area contributed by atoms with E-state index in [4.69, 9.17) is 11.2 Å². The molecule has 1 heteroatoms. The van der Waals surface area contributed by atoms with Gasteiger partial charge in [0.05, 0.1) is 13.2 Å². The van der Waals surface area contributed by atoms with Gasteiger partial charge in [-0.25, -0.2) is 0 Å². The molecule has 8 heavy (non-hydrogen) atoms. The molecule has 0 aromatic carbocycles. The van der Waals surface area contributed by atoms with Gasteiger partial charge in [0.2, 0.25) is 0 Å². The maximum Gasteiger partial charge on any atom is 0.0834 e. The van der Waals surface area contributed by atoms with Crippen LogP contribution < -0.4 is 0 Å². The van der Waals surface area contributed by atoms with Gasteiger partial charge in [-0.2, -0.15) is 0 Å². The molecule has 45 valence electrons. The summed E-state index contributed by atoms with van der Waals surface area (Å²) in [6.07, 6.45) is 6.62. The highest BCUT2D eigenvalue weighted by molar-refractivity contribution is 4.82. The van der Waals surface area contributed by atoms with E-state index in [1.165, 1.54) is 0 Å². The Morgan fingerprint density at radius 3 is 3.00 bits per heavy atom. The van der Waals surface area contributed by atoms with Gasteiger partial charge in [0.25, 0.3) is 0 Å². The number of rotatable bonds is 4. The lowest BCUT2D eigenvalue weighted by atomic mass is 10.5. The van der Waals surface area contributed by atoms with Crippen molar-refractivity contribution in [1.29, 1.82) is 0 Å². The Hall–Kier alpha value is -0.480. The zero-order chi connectivity index (χ0) is 6.24. The Morgan fingerprint density at radius 2 is 2.50 bits per heavy atom. The topological polar surface area (TPSA) is 9.23 Å². The molecule has 0 spiro atoms. The molecule has 0 N–H and O–H groups in total. The first kappa shape index (κ1) is 7.52. The molecule has 0 unspecified atom stereocenters. The van der Waals surface area contributed by atoms with Gasteiger partial charge in [0, 0.05) is 6.42 Å². The average molecular weight is 111 g/mol. The molecular formula is C7H11O. The minimum absolute atomic E-state index is 0.657. The van der Waals surface area contributed by atoms with Crippen LogP contribution in [0.25, 0.3) is 0 Å². The molecule has 0 amide bonds. The van der Waals surface area contributed by atoms with Crippen LogP contribution in [0.5, 0.6) is 0 Å². The lowest BCUT2D eigenvalue weighted by molar-refractivity contribution is 0.201. The van der Waals surface area contributed by atoms with Crippen molar-refractivity contribution in [2.45, 2.75) is 19.8 Å². The summed E-state index contributed by atoms with van der Waals surface area (Å²) < 4.78 is 4.96. The van der Waals surface area contributed by atoms with Gasteiger partial charge in [0.15, 0.2) is 0 Å². The SMILES string of the molecule is C#CCCO[CH]CC. The van der Waals surface area contributed by atoms with E-state index in [9.17, 15) is 0 Å². The largest absolute Gasteiger partial charge is 0.375 e. The van der Waals surface area contributed by atoms with E-state index in [2.05, 4.69) is 5.92 Å². The van der Waals surface area contributed by atoms with Crippen molar-refractivity contribution in [3.63, 3.8) is 0 Å². The van der Waals surface area contributed by atoms with Crippen molar-refractivity contribution in [2.24, 2.45) is 0 Å². The molecule has 0 rings (SSSR count). The number of hydrogen-bond donors (Lipinski definition) is 0. The van der Waals surface area contributed by atoms with Crippen LogP contribution in [0.3, 0.4) is 0 Å². The quantitative estimate of drug-likeness (QED) is 0.395. The van der Waals surface area contributed by atoms with Crippen LogP contribution in [-0.2, 0) is 4.74 Å². The van der Waals surface area contributed by atoms with E-state index < -0.39 is 0 Å². The maximum absolute atomic E-state index is 4.97. The fourth-order valence-corrected chi connectivity index (χ4v) is 0.319. The Kier molecular flexibility index (Phi) is 6.13. The molecule has 1 nitrogen and oxygen atoms in total. The summed E-state index contributed by atoms with van der Waals surface area (Å²) in [4.78, 5) is 0. The summed E-state index contributed by atoms with van der Waals surface area (Å²) in [5.41, 5.74) is 0. The van der Waals surface area contributed by atoms with Crippen LogP contribution in [0.2, 0.25) is 0 Å². The lowest BCUT2D eigenvalue weighted by Gasteiger charge is -1.94. The van der Waals surface area contributed by atoms with E-state index in [1.54, 1.807) is 6.61 Å². The maximum atomic E-state index is 4.97. The molecule has 0 bridgehead atoms. The number of hydrogen-bond acceptors (Lipinski definition) is 1. The first-order chi connectivity index (χ1) is 3.91. The van der Waals surface area contributed by atoms with Crippen molar-refractivity contribution in [1.82, 2.24) is 0 Å². The molecule has 0 heterocycles. The van der Waals surface area contributed by atoms with Gasteiger partial charge in [-0.15, -0.1) is 12.3 Å². The van der Waals surface area contributed by atoms with Crippen molar-refractivity contribution in [2.75, 3.05) is 6.61 Å². The second-order valence-electron chi connectivity index (χ2n) is 1.40. The fourth-order valence-electron chi connectivity index (χ4n) is 0.319. The Balaban J connectivity index is 2.65. The molecule has 0 aliphatic heterocycles. The van der Waals surface area contributed by atoms with Gasteiger partial charge in [-0.3, -0.25) is 0 Å². The molecule has 0 aromatic rings. The summed E-state index contributed by atoms with van der Waals surface area (Å²) in [6.45, 7) is 4.44. The van der Waals surface area contributed by atoms with Gasteiger partial charge in [-0.1, -0.05) is 6.92 Å². The van der Waals surface area contributed by atoms with Gasteiger partial charge < -0.3 is 4.74 Å². The second kappa shape index (κ2) is 6.52. The zero-order valence-electron chi connectivity index (χ0n) is 5.18. The molecule has 0 saturated heterocycles. The van der Waals surface area contributed by atoms with E-state index >= 15 is 0 Å². The van der Waals surface area contributed by atoms with Crippen LogP contribution in [0.4, 0.5) is 0 Å². The minimum Gasteiger partial charge on any atom is -0.375 e. The molecule has 0 saturated carbocycles. The van der Waals surface area contributed by atoms with Crippen LogP contribution in [0.1, 0.15) is 19.8 Å². The molecule has 0 atom stereocenters. The van der Waals surface area contributed by atoms with Crippen molar-refractivity contribution >= 4 is 0 Å². The molecule has 0 aliphatic rings. The van der Waals surface area contributed by atoms with E-state index in [0.29, 0.717) is 13.0 Å². The van der Waals surface area contributed by atoms with E-state index in [0.717, 1.165) is 6.42 Å². The summed E-state index contributed by atoms with van der Waals surface area (Å²) in [6, 6.07) is 0. The van der Waals surface area contributed by atoms with Crippen molar-refractivity contribution in [3.8, 4) is 12.3 Å². The van der Waals surface area contributed by atoms with Crippen molar-refractivity contribution in [3.05, 3.63) is 6.61 Å². The predicted octanol–water partition coefficient (Wildman–Crippen LogP) is 1.60. The third kappa shape index (κ3) is 5.52. The number of ether oxygens (including phenoxy) is 1. The summed E-state index contributed by atoms with van der Waals surface area (Å²) in [7, 11) is 0. The third-order valence-corrected chi connectivity index (χ3v) is 0.649. The Labute approximate surface area is 51.0 Å². The molecule has 1 radical (unpaired) electrons. The van der Waals surface area contributed by atoms with Gasteiger partial charge >= 0.3 is 0 Å². The van der Waals surface area contributed by atoms with Gasteiger partial charge in [0.1, 0.15) is 0 Å². The first-order valence-electron chi connectivity index (χ1n) is 2.78. The number of terminal acetylenes is 1. The molecule has 0 aromatic heterocycles. The second-order valence-corrected chi connectivity index (χ2v) is 1.40. The summed E-state index contributed by atoms with van der Waals surface area (Å²) in [5, 5.41) is 0. The zero-order valence-corrected chi connectivity index (χ0v) is 5.18. The van der Waals surface area contributed by atoms with Crippen molar-refractivity contribution < 1.29 is 4.74 Å². The summed E-state index contributed by atoms with van der Waals surface area (Å²) >= 11 is 0. The predicted molar refractivity (Wildman–Crippen MR) is 34.0 cm³/mol. The highest BCUT2D eigenvalue weighted by atomic mass is 16.5. The highest BCUT2D eigenvalue weighted by Crippen LogP contribution is 1.87. The minimum atomic E-state index is 0.657. The van der Waals surface area contributed by atoms with Crippen LogP contribution in [0.15, 0.2) is 0 Å². The van der Waals surface area contributed by atoms with E-state index in [1.807, 2.05) is 6.92 Å². The lowest BCUT2D eigenvalue weighted by Crippen LogP contribution is -1.87. The van der Waals surface area contributed by atoms with Crippen LogP contribution in [0, 0.1) is 19.0 Å². The molecule has 0 fully saturated rings. The van der Waals surface area contributed by atoms with Gasteiger partial charge in [-0.05, 0) is 6.42 Å². The first-order valence-corrected chi connectivity index (χ1v) is 2.78. The molecule has 0 aliphatic carbocycles. The van der Waals surface area contributed by atoms with Crippen LogP contribution >= 0.6 is 0 Å². The Morgan fingerprint density at radius 1 is 1.75 bits per heavy atom. The van der Waals surface area contributed by atoms with Crippen LogP contribution in [-0.4, -0.2) is 6.61 Å². The third-order valence-electron chi connectivity index (χ3n) is 0.649. The average Bonchev–Trinajstić information content (AvgIpc) is 1.81. The smallest absolute Gasteiger partial charge is 0.0834 e. The normalized spacial score (nSPS) is 8.50. The summed E-state index contributed by atoms with van der Waals surface area (Å²) in [5.74, 6) is 2.48. The monoisotopic (exact) mass is 111 g/mol.